The number of benzene rings is 1. The molecule has 1 aliphatic rings. The van der Waals surface area contributed by atoms with E-state index in [0.29, 0.717) is 5.92 Å². The number of piperidine rings is 1. The van der Waals surface area contributed by atoms with E-state index >= 15 is 0 Å². The molecule has 0 bridgehead atoms. The third kappa shape index (κ3) is 4.46. The van der Waals surface area contributed by atoms with Crippen molar-refractivity contribution in [1.82, 2.24) is 19.8 Å². The van der Waals surface area contributed by atoms with E-state index in [1.54, 1.807) is 6.20 Å². The van der Waals surface area contributed by atoms with Gasteiger partial charge in [-0.05, 0) is 70.1 Å². The van der Waals surface area contributed by atoms with Crippen molar-refractivity contribution in [2.45, 2.75) is 19.3 Å². The summed E-state index contributed by atoms with van der Waals surface area (Å²) in [5.74, 6) is 0.812. The van der Waals surface area contributed by atoms with Crippen molar-refractivity contribution in [2.24, 2.45) is 5.92 Å². The molecular weight excluding hydrogens is 360 g/mol. The largest absolute Gasteiger partial charge is 0.339 e. The summed E-state index contributed by atoms with van der Waals surface area (Å²) in [7, 11) is 4.23. The molecule has 5 heteroatoms. The number of likely N-dealkylation sites (tertiary alicyclic amines) is 1. The van der Waals surface area contributed by atoms with Gasteiger partial charge in [0.15, 0.2) is 0 Å². The van der Waals surface area contributed by atoms with Crippen molar-refractivity contribution in [3.05, 3.63) is 60.3 Å². The van der Waals surface area contributed by atoms with Gasteiger partial charge in [0.05, 0.1) is 22.5 Å². The highest BCUT2D eigenvalue weighted by molar-refractivity contribution is 6.07. The maximum Gasteiger partial charge on any atom is 0.254 e. The monoisotopic (exact) mass is 388 g/mol. The molecule has 3 aromatic rings. The molecule has 1 amide bonds. The number of rotatable bonds is 5. The molecule has 1 aliphatic heterocycles. The standard InChI is InChI=1S/C24H28N4O/c1-27(2)14-10-18-11-15-28(16-12-18)24(29)20-17-23(22-9-5-6-13-25-22)26-21-8-4-3-7-19(20)21/h3-9,13,17-18H,10-12,14-16H2,1-2H3. The smallest absolute Gasteiger partial charge is 0.254 e. The maximum absolute atomic E-state index is 13.4. The second-order valence-electron chi connectivity index (χ2n) is 8.11. The van der Waals surface area contributed by atoms with Crippen LogP contribution in [0.2, 0.25) is 0 Å². The van der Waals surface area contributed by atoms with Crippen LogP contribution in [-0.2, 0) is 0 Å². The zero-order valence-corrected chi connectivity index (χ0v) is 17.2. The van der Waals surface area contributed by atoms with Gasteiger partial charge in [-0.3, -0.25) is 9.78 Å². The highest BCUT2D eigenvalue weighted by atomic mass is 16.2. The summed E-state index contributed by atoms with van der Waals surface area (Å²) in [5, 5.41) is 0.909. The quantitative estimate of drug-likeness (QED) is 0.660. The van der Waals surface area contributed by atoms with Crippen LogP contribution in [0.5, 0.6) is 0 Å². The van der Waals surface area contributed by atoms with Crippen LogP contribution in [0.4, 0.5) is 0 Å². The number of pyridine rings is 2. The molecule has 0 aliphatic carbocycles. The van der Waals surface area contributed by atoms with Gasteiger partial charge in [-0.25, -0.2) is 4.98 Å². The van der Waals surface area contributed by atoms with Crippen LogP contribution in [0, 0.1) is 5.92 Å². The summed E-state index contributed by atoms with van der Waals surface area (Å²) in [4.78, 5) is 26.9. The molecule has 0 spiro atoms. The number of carbonyl (C=O) groups is 1. The van der Waals surface area contributed by atoms with Gasteiger partial charge in [0, 0.05) is 24.7 Å². The topological polar surface area (TPSA) is 49.3 Å². The second-order valence-corrected chi connectivity index (χ2v) is 8.11. The number of fused-ring (bicyclic) bond motifs is 1. The Labute approximate surface area is 172 Å². The van der Waals surface area contributed by atoms with E-state index in [-0.39, 0.29) is 5.91 Å². The zero-order valence-electron chi connectivity index (χ0n) is 17.2. The van der Waals surface area contributed by atoms with Crippen LogP contribution in [0.25, 0.3) is 22.3 Å². The molecule has 0 atom stereocenters. The van der Waals surface area contributed by atoms with Gasteiger partial charge >= 0.3 is 0 Å². The van der Waals surface area contributed by atoms with Crippen molar-refractivity contribution >= 4 is 16.8 Å². The first-order valence-corrected chi connectivity index (χ1v) is 10.4. The van der Waals surface area contributed by atoms with Crippen molar-refractivity contribution < 1.29 is 4.79 Å². The molecule has 4 rings (SSSR count). The average Bonchev–Trinajstić information content (AvgIpc) is 2.77. The molecule has 0 radical (unpaired) electrons. The Kier molecular flexibility index (Phi) is 5.86. The van der Waals surface area contributed by atoms with Crippen molar-refractivity contribution in [3.8, 4) is 11.4 Å². The predicted molar refractivity (Wildman–Crippen MR) is 117 cm³/mol. The van der Waals surface area contributed by atoms with Crippen LogP contribution < -0.4 is 0 Å². The van der Waals surface area contributed by atoms with E-state index in [1.807, 2.05) is 53.4 Å². The third-order valence-corrected chi connectivity index (χ3v) is 5.76. The van der Waals surface area contributed by atoms with Crippen LogP contribution in [-0.4, -0.2) is 59.4 Å². The summed E-state index contributed by atoms with van der Waals surface area (Å²) < 4.78 is 0. The Morgan fingerprint density at radius 2 is 1.83 bits per heavy atom. The van der Waals surface area contributed by atoms with Gasteiger partial charge in [0.2, 0.25) is 0 Å². The molecule has 0 unspecified atom stereocenters. The fourth-order valence-electron chi connectivity index (χ4n) is 4.03. The van der Waals surface area contributed by atoms with Gasteiger partial charge in [-0.2, -0.15) is 0 Å². The lowest BCUT2D eigenvalue weighted by Gasteiger charge is -2.32. The Balaban J connectivity index is 1.59. The number of nitrogens with zero attached hydrogens (tertiary/aromatic N) is 4. The second kappa shape index (κ2) is 8.70. The number of para-hydroxylation sites is 1. The minimum Gasteiger partial charge on any atom is -0.339 e. The minimum absolute atomic E-state index is 0.104. The highest BCUT2D eigenvalue weighted by Gasteiger charge is 2.25. The van der Waals surface area contributed by atoms with Gasteiger partial charge in [-0.15, -0.1) is 0 Å². The van der Waals surface area contributed by atoms with Crippen molar-refractivity contribution in [3.63, 3.8) is 0 Å². The molecule has 1 saturated heterocycles. The van der Waals surface area contributed by atoms with E-state index < -0.39 is 0 Å². The van der Waals surface area contributed by atoms with E-state index in [4.69, 9.17) is 4.98 Å². The SMILES string of the molecule is CN(C)CCC1CCN(C(=O)c2cc(-c3ccccn3)nc3ccccc23)CC1. The van der Waals surface area contributed by atoms with Crippen molar-refractivity contribution in [2.75, 3.05) is 33.7 Å². The lowest BCUT2D eigenvalue weighted by atomic mass is 9.92. The Bertz CT molecular complexity index is 979. The molecule has 0 saturated carbocycles. The molecule has 29 heavy (non-hydrogen) atoms. The first kappa shape index (κ1) is 19.5. The summed E-state index contributed by atoms with van der Waals surface area (Å²) in [6, 6.07) is 15.5. The molecular formula is C24H28N4O. The average molecular weight is 389 g/mol. The predicted octanol–water partition coefficient (Wildman–Crippen LogP) is 4.10. The van der Waals surface area contributed by atoms with E-state index in [1.165, 1.54) is 6.42 Å². The number of hydrogen-bond acceptors (Lipinski definition) is 4. The molecule has 5 nitrogen and oxygen atoms in total. The molecule has 0 N–H and O–H groups in total. The molecule has 1 fully saturated rings. The summed E-state index contributed by atoms with van der Waals surface area (Å²) in [6.07, 6.45) is 5.12. The number of aromatic nitrogens is 2. The van der Waals surface area contributed by atoms with E-state index in [9.17, 15) is 4.79 Å². The lowest BCUT2D eigenvalue weighted by Crippen LogP contribution is -2.39. The summed E-state index contributed by atoms with van der Waals surface area (Å²) in [5.41, 5.74) is 3.09. The Morgan fingerprint density at radius 3 is 2.55 bits per heavy atom. The third-order valence-electron chi connectivity index (χ3n) is 5.76. The normalized spacial score (nSPS) is 15.2. The first-order chi connectivity index (χ1) is 14.1. The molecule has 2 aromatic heterocycles. The Hall–Kier alpha value is -2.79. The number of amides is 1. The van der Waals surface area contributed by atoms with Crippen LogP contribution >= 0.6 is 0 Å². The molecule has 1 aromatic carbocycles. The van der Waals surface area contributed by atoms with Crippen LogP contribution in [0.3, 0.4) is 0 Å². The zero-order chi connectivity index (χ0) is 20.2. The van der Waals surface area contributed by atoms with Crippen LogP contribution in [0.1, 0.15) is 29.6 Å². The van der Waals surface area contributed by atoms with Gasteiger partial charge in [-0.1, -0.05) is 24.3 Å². The molecule has 3 heterocycles. The number of hydrogen-bond donors (Lipinski definition) is 0. The summed E-state index contributed by atoms with van der Waals surface area (Å²) in [6.45, 7) is 2.76. The summed E-state index contributed by atoms with van der Waals surface area (Å²) >= 11 is 0. The minimum atomic E-state index is 0.104. The fourth-order valence-corrected chi connectivity index (χ4v) is 4.03. The number of carbonyl (C=O) groups excluding carboxylic acids is 1. The van der Waals surface area contributed by atoms with Crippen molar-refractivity contribution in [1.29, 1.82) is 0 Å². The van der Waals surface area contributed by atoms with Gasteiger partial charge in [0.25, 0.3) is 5.91 Å². The van der Waals surface area contributed by atoms with Crippen LogP contribution in [0.15, 0.2) is 54.7 Å². The van der Waals surface area contributed by atoms with Gasteiger partial charge in [0.1, 0.15) is 0 Å². The maximum atomic E-state index is 13.4. The van der Waals surface area contributed by atoms with Gasteiger partial charge < -0.3 is 9.80 Å². The first-order valence-electron chi connectivity index (χ1n) is 10.4. The fraction of sp³-hybridized carbons (Fsp3) is 0.375. The lowest BCUT2D eigenvalue weighted by molar-refractivity contribution is 0.0685. The highest BCUT2D eigenvalue weighted by Crippen LogP contribution is 2.27. The Morgan fingerprint density at radius 1 is 1.07 bits per heavy atom. The van der Waals surface area contributed by atoms with E-state index in [2.05, 4.69) is 24.0 Å². The van der Waals surface area contributed by atoms with E-state index in [0.717, 1.165) is 60.3 Å². The molecule has 150 valence electrons.